The summed E-state index contributed by atoms with van der Waals surface area (Å²) in [7, 11) is 2.82. The van der Waals surface area contributed by atoms with Crippen LogP contribution in [-0.2, 0) is 20.8 Å². The molecule has 0 spiro atoms. The third-order valence-corrected chi connectivity index (χ3v) is 5.18. The number of carbonyl (C=O) groups is 2. The molecule has 0 saturated heterocycles. The van der Waals surface area contributed by atoms with Crippen molar-refractivity contribution in [3.05, 3.63) is 70.7 Å². The van der Waals surface area contributed by atoms with Gasteiger partial charge in [-0.1, -0.05) is 35.9 Å². The number of aliphatic hydroxyl groups is 1. The van der Waals surface area contributed by atoms with Crippen molar-refractivity contribution in [2.45, 2.75) is 12.6 Å². The molecule has 0 bridgehead atoms. The molecule has 1 aromatic heterocycles. The topological polar surface area (TPSA) is 123 Å². The molecule has 36 heavy (non-hydrogen) atoms. The molecule has 0 aliphatic carbocycles. The third-order valence-electron chi connectivity index (χ3n) is 4.95. The van der Waals surface area contributed by atoms with E-state index in [2.05, 4.69) is 10.6 Å². The fourth-order valence-corrected chi connectivity index (χ4v) is 3.32. The first-order valence-electron chi connectivity index (χ1n) is 10.8. The molecule has 192 valence electrons. The van der Waals surface area contributed by atoms with Gasteiger partial charge in [-0.25, -0.2) is 14.2 Å². The summed E-state index contributed by atoms with van der Waals surface area (Å²) >= 11 is 5.99. The van der Waals surface area contributed by atoms with Crippen molar-refractivity contribution in [2.24, 2.45) is 0 Å². The summed E-state index contributed by atoms with van der Waals surface area (Å²) in [5.74, 6) is -2.00. The van der Waals surface area contributed by atoms with E-state index in [1.165, 1.54) is 43.5 Å². The minimum absolute atomic E-state index is 0.0296. The van der Waals surface area contributed by atoms with Crippen LogP contribution in [0.25, 0.3) is 11.1 Å². The summed E-state index contributed by atoms with van der Waals surface area (Å²) in [4.78, 5) is 24.7. The van der Waals surface area contributed by atoms with E-state index in [1.54, 1.807) is 24.3 Å². The number of esters is 1. The predicted octanol–water partition coefficient (Wildman–Crippen LogP) is 2.84. The summed E-state index contributed by atoms with van der Waals surface area (Å²) in [5.41, 5.74) is 4.20. The number of hydrogen-bond acceptors (Lipinski definition) is 9. The normalized spacial score (nSPS) is 11.8. The molecule has 1 heterocycles. The van der Waals surface area contributed by atoms with Crippen LogP contribution < -0.4 is 10.2 Å². The van der Waals surface area contributed by atoms with Gasteiger partial charge in [0.15, 0.2) is 6.10 Å². The summed E-state index contributed by atoms with van der Waals surface area (Å²) in [5, 5.41) is 15.6. The Labute approximate surface area is 211 Å². The Bertz CT molecular complexity index is 1170. The van der Waals surface area contributed by atoms with Crippen LogP contribution in [0.2, 0.25) is 5.02 Å². The van der Waals surface area contributed by atoms with E-state index in [0.29, 0.717) is 21.7 Å². The second-order valence-electron chi connectivity index (χ2n) is 7.55. The van der Waals surface area contributed by atoms with E-state index in [9.17, 15) is 19.1 Å². The number of carbonyl (C=O) groups excluding carboxylic acids is 2. The number of methoxy groups -OCH3 is 2. The Morgan fingerprint density at radius 3 is 2.58 bits per heavy atom. The zero-order chi connectivity index (χ0) is 26.1. The number of rotatable bonds is 12. The van der Waals surface area contributed by atoms with Gasteiger partial charge in [0.2, 0.25) is 5.76 Å². The van der Waals surface area contributed by atoms with Crippen molar-refractivity contribution in [3.63, 3.8) is 0 Å². The van der Waals surface area contributed by atoms with E-state index in [-0.39, 0.29) is 37.9 Å². The molecule has 3 rings (SSSR count). The molecule has 10 nitrogen and oxygen atoms in total. The minimum Gasteiger partial charge on any atom is -0.479 e. The fourth-order valence-electron chi connectivity index (χ4n) is 3.14. The highest BCUT2D eigenvalue weighted by molar-refractivity contribution is 6.30. The molecule has 0 radical (unpaired) electrons. The number of hydrogen-bond donors (Lipinski definition) is 2. The van der Waals surface area contributed by atoms with Crippen LogP contribution in [0.15, 0.2) is 53.1 Å². The van der Waals surface area contributed by atoms with Crippen LogP contribution in [0.5, 0.6) is 5.88 Å². The zero-order valence-corrected chi connectivity index (χ0v) is 20.3. The summed E-state index contributed by atoms with van der Waals surface area (Å²) in [6.07, 6.45) is -1.56. The van der Waals surface area contributed by atoms with Crippen LogP contribution in [0.4, 0.5) is 4.39 Å². The number of aromatic nitrogens is 1. The van der Waals surface area contributed by atoms with Gasteiger partial charge in [0.05, 0.1) is 26.3 Å². The van der Waals surface area contributed by atoms with Gasteiger partial charge in [0, 0.05) is 24.2 Å². The number of amides is 1. The molecule has 0 unspecified atom stereocenters. The summed E-state index contributed by atoms with van der Waals surface area (Å²) in [6, 6.07) is 12.4. The maximum atomic E-state index is 14.2. The van der Waals surface area contributed by atoms with Gasteiger partial charge in [-0.05, 0) is 34.5 Å². The lowest BCUT2D eigenvalue weighted by Crippen LogP contribution is -2.47. The van der Waals surface area contributed by atoms with Crippen molar-refractivity contribution >= 4 is 23.5 Å². The van der Waals surface area contributed by atoms with E-state index < -0.39 is 23.8 Å². The molecule has 0 fully saturated rings. The second-order valence-corrected chi connectivity index (χ2v) is 7.99. The first-order valence-corrected chi connectivity index (χ1v) is 11.1. The third kappa shape index (κ3) is 7.49. The average Bonchev–Trinajstić information content (AvgIpc) is 3.36. The average molecular weight is 522 g/mol. The van der Waals surface area contributed by atoms with Crippen LogP contribution in [0.1, 0.15) is 16.1 Å². The van der Waals surface area contributed by atoms with Crippen LogP contribution >= 0.6 is 11.6 Å². The van der Waals surface area contributed by atoms with E-state index in [4.69, 9.17) is 30.3 Å². The van der Waals surface area contributed by atoms with Crippen molar-refractivity contribution in [1.29, 1.82) is 0 Å². The number of aliphatic hydroxyl groups excluding tert-OH is 1. The SMILES string of the molecule is COCCOC(=O)[C@H](O)CN(Cc1ccc(-c2cc(Cl)ccc2F)cc1)NC(=O)c1cc(OC)no1. The summed E-state index contributed by atoms with van der Waals surface area (Å²) in [6.45, 7) is -0.0742. The second kappa shape index (κ2) is 13.0. The van der Waals surface area contributed by atoms with Crippen molar-refractivity contribution < 1.29 is 37.8 Å². The lowest BCUT2D eigenvalue weighted by atomic mass is 10.0. The molecule has 0 aliphatic rings. The highest BCUT2D eigenvalue weighted by Crippen LogP contribution is 2.26. The standard InChI is InChI=1S/C24H25ClFN3O7/c1-33-9-10-35-24(32)20(30)14-29(27-23(31)21-12-22(34-2)28-36-21)13-15-3-5-16(6-4-15)18-11-17(25)7-8-19(18)26/h3-8,11-12,20,30H,9-10,13-14H2,1-2H3,(H,27,31)/t20-/m1/s1. The summed E-state index contributed by atoms with van der Waals surface area (Å²) < 4.78 is 33.8. The number of hydrazine groups is 1. The van der Waals surface area contributed by atoms with Gasteiger partial charge in [-0.15, -0.1) is 0 Å². The molecule has 0 saturated carbocycles. The van der Waals surface area contributed by atoms with Crippen LogP contribution in [0, 0.1) is 5.82 Å². The van der Waals surface area contributed by atoms with Crippen LogP contribution in [0.3, 0.4) is 0 Å². The molecule has 3 aromatic rings. The van der Waals surface area contributed by atoms with Gasteiger partial charge in [-0.3, -0.25) is 10.2 Å². The van der Waals surface area contributed by atoms with Gasteiger partial charge >= 0.3 is 11.9 Å². The lowest BCUT2D eigenvalue weighted by Gasteiger charge is -2.24. The Kier molecular flexibility index (Phi) is 9.77. The Balaban J connectivity index is 1.74. The highest BCUT2D eigenvalue weighted by Gasteiger charge is 2.24. The van der Waals surface area contributed by atoms with Gasteiger partial charge in [0.1, 0.15) is 12.4 Å². The van der Waals surface area contributed by atoms with Gasteiger partial charge < -0.3 is 23.8 Å². The molecular formula is C24H25ClFN3O7. The van der Waals surface area contributed by atoms with Gasteiger partial charge in [0.25, 0.3) is 5.88 Å². The maximum Gasteiger partial charge on any atom is 0.336 e. The zero-order valence-electron chi connectivity index (χ0n) is 19.6. The Morgan fingerprint density at radius 2 is 1.92 bits per heavy atom. The minimum atomic E-state index is -1.56. The fraction of sp³-hybridized carbons (Fsp3) is 0.292. The number of halogens is 2. The number of ether oxygens (including phenoxy) is 3. The van der Waals surface area contributed by atoms with Crippen molar-refractivity contribution in [2.75, 3.05) is 34.0 Å². The van der Waals surface area contributed by atoms with E-state index in [0.717, 1.165) is 0 Å². The number of benzene rings is 2. The van der Waals surface area contributed by atoms with E-state index >= 15 is 0 Å². The van der Waals surface area contributed by atoms with E-state index in [1.807, 2.05) is 0 Å². The quantitative estimate of drug-likeness (QED) is 0.210. The van der Waals surface area contributed by atoms with Crippen molar-refractivity contribution in [3.8, 4) is 17.0 Å². The first kappa shape index (κ1) is 27.1. The smallest absolute Gasteiger partial charge is 0.336 e. The number of nitrogens with zero attached hydrogens (tertiary/aromatic N) is 2. The highest BCUT2D eigenvalue weighted by atomic mass is 35.5. The molecule has 0 aliphatic heterocycles. The van der Waals surface area contributed by atoms with Crippen molar-refractivity contribution in [1.82, 2.24) is 15.6 Å². The first-order chi connectivity index (χ1) is 17.3. The Morgan fingerprint density at radius 1 is 1.17 bits per heavy atom. The maximum absolute atomic E-state index is 14.2. The Hall–Kier alpha value is -3.51. The lowest BCUT2D eigenvalue weighted by molar-refractivity contribution is -0.156. The van der Waals surface area contributed by atoms with Crippen LogP contribution in [-0.4, -0.2) is 67.2 Å². The molecule has 2 aromatic carbocycles. The largest absolute Gasteiger partial charge is 0.479 e. The molecule has 2 N–H and O–H groups in total. The number of nitrogens with one attached hydrogen (secondary N) is 1. The monoisotopic (exact) mass is 521 g/mol. The molecule has 12 heteroatoms. The predicted molar refractivity (Wildman–Crippen MR) is 127 cm³/mol. The molecule has 1 atom stereocenters. The molecular weight excluding hydrogens is 497 g/mol. The molecule has 1 amide bonds. The van der Waals surface area contributed by atoms with Gasteiger partial charge in [-0.2, -0.15) is 0 Å².